The largest absolute Gasteiger partial charge is 0.478 e. The summed E-state index contributed by atoms with van der Waals surface area (Å²) in [6.07, 6.45) is 3.28. The highest BCUT2D eigenvalue weighted by Crippen LogP contribution is 2.25. The Hall–Kier alpha value is -3.84. The van der Waals surface area contributed by atoms with Crippen molar-refractivity contribution in [3.8, 4) is 5.69 Å². The van der Waals surface area contributed by atoms with E-state index >= 15 is 0 Å². The van der Waals surface area contributed by atoms with Gasteiger partial charge in [-0.3, -0.25) is 4.79 Å². The van der Waals surface area contributed by atoms with E-state index < -0.39 is 17.9 Å². The van der Waals surface area contributed by atoms with Crippen LogP contribution in [0.4, 0.5) is 10.5 Å². The molecule has 144 valence electrons. The van der Waals surface area contributed by atoms with Gasteiger partial charge in [0.05, 0.1) is 11.3 Å². The van der Waals surface area contributed by atoms with E-state index in [9.17, 15) is 19.5 Å². The number of benzene rings is 2. The first kappa shape index (κ1) is 18.5. The second-order valence-corrected chi connectivity index (χ2v) is 6.70. The van der Waals surface area contributed by atoms with Crippen molar-refractivity contribution >= 4 is 41.3 Å². The van der Waals surface area contributed by atoms with Crippen LogP contribution in [0.3, 0.4) is 0 Å². The minimum Gasteiger partial charge on any atom is -0.478 e. The van der Waals surface area contributed by atoms with E-state index in [0.717, 1.165) is 4.90 Å². The summed E-state index contributed by atoms with van der Waals surface area (Å²) in [5.74, 6) is -1.54. The predicted octanol–water partition coefficient (Wildman–Crippen LogP) is 3.93. The van der Waals surface area contributed by atoms with E-state index in [2.05, 4.69) is 5.32 Å². The highest BCUT2D eigenvalue weighted by Gasteiger charge is 2.35. The third-order valence-corrected chi connectivity index (χ3v) is 4.62. The average molecular weight is 408 g/mol. The summed E-state index contributed by atoms with van der Waals surface area (Å²) in [6.45, 7) is 0. The normalized spacial score (nSPS) is 15.1. The van der Waals surface area contributed by atoms with Crippen molar-refractivity contribution in [2.24, 2.45) is 0 Å². The van der Waals surface area contributed by atoms with E-state index in [1.807, 2.05) is 0 Å². The predicted molar refractivity (Wildman–Crippen MR) is 108 cm³/mol. The van der Waals surface area contributed by atoms with Crippen molar-refractivity contribution in [1.82, 2.24) is 9.88 Å². The molecule has 3 aromatic rings. The number of urea groups is 1. The van der Waals surface area contributed by atoms with Gasteiger partial charge in [-0.2, -0.15) is 0 Å². The number of amides is 3. The van der Waals surface area contributed by atoms with Crippen LogP contribution in [-0.2, 0) is 4.79 Å². The van der Waals surface area contributed by atoms with Crippen LogP contribution in [-0.4, -0.2) is 27.6 Å². The quantitative estimate of drug-likeness (QED) is 0.506. The topological polar surface area (TPSA) is 91.6 Å². The molecule has 3 amide bonds. The van der Waals surface area contributed by atoms with Crippen LogP contribution in [0, 0.1) is 0 Å². The fourth-order valence-corrected chi connectivity index (χ4v) is 3.25. The number of aromatic carboxylic acids is 1. The number of aromatic nitrogens is 1. The number of hydrogen-bond donors (Lipinski definition) is 2. The molecule has 2 aromatic carbocycles. The van der Waals surface area contributed by atoms with Crippen LogP contribution in [0.2, 0.25) is 5.02 Å². The summed E-state index contributed by atoms with van der Waals surface area (Å²) in [6, 6.07) is 15.8. The molecular formula is C21H14ClN3O4. The molecule has 7 nitrogen and oxygen atoms in total. The Labute approximate surface area is 170 Å². The van der Waals surface area contributed by atoms with Crippen LogP contribution in [0.5, 0.6) is 0 Å². The summed E-state index contributed by atoms with van der Waals surface area (Å²) in [5.41, 5.74) is 1.83. The first-order chi connectivity index (χ1) is 13.9. The summed E-state index contributed by atoms with van der Waals surface area (Å²) in [4.78, 5) is 37.4. The van der Waals surface area contributed by atoms with Gasteiger partial charge in [0.15, 0.2) is 0 Å². The number of rotatable bonds is 4. The number of carboxylic acids is 1. The minimum atomic E-state index is -1.03. The highest BCUT2D eigenvalue weighted by molar-refractivity contribution is 6.32. The Morgan fingerprint density at radius 2 is 1.76 bits per heavy atom. The van der Waals surface area contributed by atoms with E-state index in [1.54, 1.807) is 53.2 Å². The van der Waals surface area contributed by atoms with Crippen molar-refractivity contribution in [3.63, 3.8) is 0 Å². The summed E-state index contributed by atoms with van der Waals surface area (Å²) < 4.78 is 1.72. The molecule has 1 fully saturated rings. The van der Waals surface area contributed by atoms with Gasteiger partial charge in [0, 0.05) is 22.6 Å². The number of halogens is 1. The Balaban J connectivity index is 1.69. The summed E-state index contributed by atoms with van der Waals surface area (Å²) in [5, 5.41) is 12.2. The Kier molecular flexibility index (Phi) is 4.66. The van der Waals surface area contributed by atoms with Crippen LogP contribution in [0.15, 0.2) is 72.6 Å². The molecule has 0 spiro atoms. The first-order valence-corrected chi connectivity index (χ1v) is 8.95. The van der Waals surface area contributed by atoms with Crippen molar-refractivity contribution in [1.29, 1.82) is 0 Å². The minimum absolute atomic E-state index is 0.101. The van der Waals surface area contributed by atoms with Crippen molar-refractivity contribution in [3.05, 3.63) is 88.8 Å². The zero-order valence-electron chi connectivity index (χ0n) is 14.9. The summed E-state index contributed by atoms with van der Waals surface area (Å²) >= 11 is 5.96. The standard InChI is InChI=1S/C21H14ClN3O4/c22-14-5-2-7-17(11-14)25-19(26)18(23-21(25)29)12-16-8-3-9-24(16)15-6-1-4-13(10-15)20(27)28/h1-12H,(H,23,29)(H,27,28)/b18-12-. The van der Waals surface area contributed by atoms with Gasteiger partial charge >= 0.3 is 12.0 Å². The van der Waals surface area contributed by atoms with Gasteiger partial charge in [-0.1, -0.05) is 23.7 Å². The van der Waals surface area contributed by atoms with E-state index in [4.69, 9.17) is 11.6 Å². The first-order valence-electron chi connectivity index (χ1n) is 8.58. The lowest BCUT2D eigenvalue weighted by molar-refractivity contribution is -0.113. The third-order valence-electron chi connectivity index (χ3n) is 4.39. The molecule has 0 radical (unpaired) electrons. The molecule has 0 bridgehead atoms. The zero-order valence-corrected chi connectivity index (χ0v) is 15.6. The molecule has 4 rings (SSSR count). The SMILES string of the molecule is O=C(O)c1cccc(-n2cccc2/C=C2\NC(=O)N(c3cccc(Cl)c3)C2=O)c1. The van der Waals surface area contributed by atoms with Crippen molar-refractivity contribution in [2.75, 3.05) is 4.90 Å². The molecule has 1 saturated heterocycles. The lowest BCUT2D eigenvalue weighted by Crippen LogP contribution is -2.30. The van der Waals surface area contributed by atoms with E-state index in [1.165, 1.54) is 24.3 Å². The number of carbonyl (C=O) groups excluding carboxylic acids is 2. The lowest BCUT2D eigenvalue weighted by atomic mass is 10.2. The van der Waals surface area contributed by atoms with Gasteiger partial charge in [0.1, 0.15) is 5.70 Å². The maximum Gasteiger partial charge on any atom is 0.335 e. The second-order valence-electron chi connectivity index (χ2n) is 6.27. The van der Waals surface area contributed by atoms with Crippen molar-refractivity contribution in [2.45, 2.75) is 0 Å². The number of nitrogens with one attached hydrogen (secondary N) is 1. The Morgan fingerprint density at radius 3 is 2.52 bits per heavy atom. The van der Waals surface area contributed by atoms with Gasteiger partial charge in [-0.15, -0.1) is 0 Å². The van der Waals surface area contributed by atoms with Crippen LogP contribution in [0.1, 0.15) is 16.1 Å². The Bertz CT molecular complexity index is 1180. The number of carboxylic acid groups (broad SMARTS) is 1. The number of nitrogens with zero attached hydrogens (tertiary/aromatic N) is 2. The van der Waals surface area contributed by atoms with Gasteiger partial charge in [0.25, 0.3) is 5.91 Å². The molecular weight excluding hydrogens is 394 g/mol. The molecule has 29 heavy (non-hydrogen) atoms. The van der Waals surface area contributed by atoms with Crippen molar-refractivity contribution < 1.29 is 19.5 Å². The molecule has 0 saturated carbocycles. The highest BCUT2D eigenvalue weighted by atomic mass is 35.5. The molecule has 0 aliphatic carbocycles. The lowest BCUT2D eigenvalue weighted by Gasteiger charge is -2.11. The zero-order chi connectivity index (χ0) is 20.5. The molecule has 2 heterocycles. The second kappa shape index (κ2) is 7.29. The number of carbonyl (C=O) groups is 3. The third kappa shape index (κ3) is 3.51. The smallest absolute Gasteiger partial charge is 0.335 e. The Morgan fingerprint density at radius 1 is 1.00 bits per heavy atom. The molecule has 1 aliphatic heterocycles. The maximum atomic E-state index is 12.8. The molecule has 1 aliphatic rings. The summed E-state index contributed by atoms with van der Waals surface area (Å²) in [7, 11) is 0. The van der Waals surface area contributed by atoms with Gasteiger partial charge in [-0.25, -0.2) is 14.5 Å². The molecule has 1 aromatic heterocycles. The van der Waals surface area contributed by atoms with Crippen LogP contribution in [0.25, 0.3) is 11.8 Å². The fraction of sp³-hybridized carbons (Fsp3) is 0. The molecule has 2 N–H and O–H groups in total. The maximum absolute atomic E-state index is 12.8. The molecule has 8 heteroatoms. The molecule has 0 unspecified atom stereocenters. The fourth-order valence-electron chi connectivity index (χ4n) is 3.07. The average Bonchev–Trinajstić information content (AvgIpc) is 3.26. The van der Waals surface area contributed by atoms with E-state index in [0.29, 0.717) is 22.1 Å². The number of hydrogen-bond acceptors (Lipinski definition) is 3. The number of anilines is 1. The van der Waals surface area contributed by atoms with E-state index in [-0.39, 0.29) is 11.3 Å². The van der Waals surface area contributed by atoms with Gasteiger partial charge in [0.2, 0.25) is 0 Å². The molecule has 0 atom stereocenters. The van der Waals surface area contributed by atoms with Crippen LogP contribution >= 0.6 is 11.6 Å². The van der Waals surface area contributed by atoms with Gasteiger partial charge < -0.3 is 15.0 Å². The monoisotopic (exact) mass is 407 g/mol. The number of imide groups is 1. The van der Waals surface area contributed by atoms with Gasteiger partial charge in [-0.05, 0) is 54.6 Å². The van der Waals surface area contributed by atoms with Crippen LogP contribution < -0.4 is 10.2 Å².